The van der Waals surface area contributed by atoms with Crippen LogP contribution in [0.3, 0.4) is 0 Å². The molecule has 130 valence electrons. The molecular formula is C17H18N4O4. The number of carbonyl (C=O) groups is 1. The first-order chi connectivity index (χ1) is 12.0. The van der Waals surface area contributed by atoms with Crippen molar-refractivity contribution in [3.8, 4) is 34.1 Å². The van der Waals surface area contributed by atoms with Crippen LogP contribution in [-0.4, -0.2) is 26.3 Å². The number of aromatic amines is 1. The topological polar surface area (TPSA) is 137 Å². The van der Waals surface area contributed by atoms with E-state index in [1.807, 2.05) is 12.3 Å². The molecule has 6 N–H and O–H groups in total. The van der Waals surface area contributed by atoms with Crippen molar-refractivity contribution in [1.29, 1.82) is 0 Å². The quantitative estimate of drug-likeness (QED) is 0.274. The van der Waals surface area contributed by atoms with Gasteiger partial charge in [-0.3, -0.25) is 15.3 Å². The van der Waals surface area contributed by atoms with Crippen LogP contribution in [0.25, 0.3) is 22.6 Å². The van der Waals surface area contributed by atoms with Crippen molar-refractivity contribution in [1.82, 2.24) is 15.6 Å². The highest BCUT2D eigenvalue weighted by Crippen LogP contribution is 2.39. The van der Waals surface area contributed by atoms with Gasteiger partial charge in [-0.2, -0.15) is 5.10 Å². The molecule has 1 amide bonds. The van der Waals surface area contributed by atoms with E-state index in [1.165, 1.54) is 18.3 Å². The van der Waals surface area contributed by atoms with E-state index in [2.05, 4.69) is 10.2 Å². The Morgan fingerprint density at radius 2 is 2.08 bits per heavy atom. The number of rotatable bonds is 5. The van der Waals surface area contributed by atoms with Crippen molar-refractivity contribution < 1.29 is 19.4 Å². The summed E-state index contributed by atoms with van der Waals surface area (Å²) in [6.07, 6.45) is 3.05. The fourth-order valence-corrected chi connectivity index (χ4v) is 2.65. The molecule has 8 nitrogen and oxygen atoms in total. The Balaban J connectivity index is 2.06. The zero-order chi connectivity index (χ0) is 18.0. The number of phenols is 2. The third kappa shape index (κ3) is 3.07. The fraction of sp³-hybridized carbons (Fsp3) is 0.176. The zero-order valence-corrected chi connectivity index (χ0v) is 13.5. The minimum Gasteiger partial charge on any atom is -0.508 e. The summed E-state index contributed by atoms with van der Waals surface area (Å²) in [5.74, 6) is 4.96. The molecule has 2 heterocycles. The molecule has 0 bridgehead atoms. The van der Waals surface area contributed by atoms with Crippen LogP contribution in [0, 0.1) is 0 Å². The minimum atomic E-state index is -0.547. The van der Waals surface area contributed by atoms with Crippen LogP contribution >= 0.6 is 0 Å². The van der Waals surface area contributed by atoms with Crippen molar-refractivity contribution in [3.05, 3.63) is 41.8 Å². The normalized spacial score (nSPS) is 10.8. The van der Waals surface area contributed by atoms with E-state index < -0.39 is 5.91 Å². The summed E-state index contributed by atoms with van der Waals surface area (Å²) in [4.78, 5) is 11.5. The first-order valence-electron chi connectivity index (χ1n) is 7.74. The summed E-state index contributed by atoms with van der Waals surface area (Å²) in [7, 11) is 0. The SMILES string of the molecule is CCCc1cc(-c2[nH]ncc2-c2ccc(C(=O)NN)o2)c(O)cc1O. The summed E-state index contributed by atoms with van der Waals surface area (Å²) >= 11 is 0. The number of furan rings is 1. The van der Waals surface area contributed by atoms with Gasteiger partial charge < -0.3 is 14.6 Å². The third-order valence-electron chi connectivity index (χ3n) is 3.85. The maximum Gasteiger partial charge on any atom is 0.300 e. The number of carbonyl (C=O) groups excluding carboxylic acids is 1. The Morgan fingerprint density at radius 3 is 2.80 bits per heavy atom. The van der Waals surface area contributed by atoms with Gasteiger partial charge in [0.15, 0.2) is 5.76 Å². The van der Waals surface area contributed by atoms with Crippen LogP contribution in [0.2, 0.25) is 0 Å². The molecule has 0 radical (unpaired) electrons. The summed E-state index contributed by atoms with van der Waals surface area (Å²) < 4.78 is 5.50. The minimum absolute atomic E-state index is 0.0454. The largest absolute Gasteiger partial charge is 0.508 e. The fourth-order valence-electron chi connectivity index (χ4n) is 2.65. The average molecular weight is 342 g/mol. The van der Waals surface area contributed by atoms with Crippen molar-refractivity contribution in [2.75, 3.05) is 0 Å². The maximum absolute atomic E-state index is 11.5. The molecule has 3 aromatic rings. The Bertz CT molecular complexity index is 913. The van der Waals surface area contributed by atoms with E-state index in [0.717, 1.165) is 12.0 Å². The number of aromatic nitrogens is 2. The number of hydrogen-bond donors (Lipinski definition) is 5. The van der Waals surface area contributed by atoms with E-state index in [-0.39, 0.29) is 17.3 Å². The number of benzene rings is 1. The first-order valence-corrected chi connectivity index (χ1v) is 7.74. The summed E-state index contributed by atoms with van der Waals surface area (Å²) in [6.45, 7) is 2.00. The number of hydrogen-bond acceptors (Lipinski definition) is 6. The summed E-state index contributed by atoms with van der Waals surface area (Å²) in [6, 6.07) is 6.12. The number of nitrogens with two attached hydrogens (primary N) is 1. The predicted octanol–water partition coefficient (Wildman–Crippen LogP) is 2.30. The van der Waals surface area contributed by atoms with Crippen molar-refractivity contribution >= 4 is 5.91 Å². The van der Waals surface area contributed by atoms with Gasteiger partial charge in [0.2, 0.25) is 0 Å². The number of aromatic hydroxyl groups is 2. The number of hydrazine groups is 1. The number of amides is 1. The highest BCUT2D eigenvalue weighted by Gasteiger charge is 2.19. The lowest BCUT2D eigenvalue weighted by atomic mass is 10.00. The second-order valence-electron chi connectivity index (χ2n) is 5.54. The molecule has 0 unspecified atom stereocenters. The molecule has 25 heavy (non-hydrogen) atoms. The first kappa shape index (κ1) is 16.6. The van der Waals surface area contributed by atoms with Gasteiger partial charge in [-0.15, -0.1) is 0 Å². The number of nitrogen functional groups attached to an aromatic ring is 1. The average Bonchev–Trinajstić information content (AvgIpc) is 3.25. The monoisotopic (exact) mass is 342 g/mol. The van der Waals surface area contributed by atoms with Crippen molar-refractivity contribution in [2.45, 2.75) is 19.8 Å². The van der Waals surface area contributed by atoms with Gasteiger partial charge in [0, 0.05) is 11.6 Å². The van der Waals surface area contributed by atoms with Crippen molar-refractivity contribution in [3.63, 3.8) is 0 Å². The van der Waals surface area contributed by atoms with Crippen LogP contribution in [0.4, 0.5) is 0 Å². The van der Waals surface area contributed by atoms with Crippen molar-refractivity contribution in [2.24, 2.45) is 5.84 Å². The third-order valence-corrected chi connectivity index (χ3v) is 3.85. The molecule has 0 aliphatic heterocycles. The molecule has 0 atom stereocenters. The molecule has 0 saturated heterocycles. The Hall–Kier alpha value is -3.26. The maximum atomic E-state index is 11.5. The molecule has 0 saturated carbocycles. The van der Waals surface area contributed by atoms with Crippen LogP contribution < -0.4 is 11.3 Å². The van der Waals surface area contributed by atoms with Gasteiger partial charge in [0.25, 0.3) is 0 Å². The van der Waals surface area contributed by atoms with E-state index >= 15 is 0 Å². The van der Waals surface area contributed by atoms with Crippen LogP contribution in [0.5, 0.6) is 11.5 Å². The molecule has 1 aromatic carbocycles. The van der Waals surface area contributed by atoms with E-state index in [9.17, 15) is 15.0 Å². The zero-order valence-electron chi connectivity index (χ0n) is 13.5. The molecule has 0 aliphatic carbocycles. The molecule has 0 aliphatic rings. The number of phenolic OH excluding ortho intramolecular Hbond substituents is 2. The smallest absolute Gasteiger partial charge is 0.300 e. The van der Waals surface area contributed by atoms with Crippen LogP contribution in [0.15, 0.2) is 34.9 Å². The standard InChI is InChI=1S/C17H18N4O4/c1-2-3-9-6-10(13(23)7-12(9)22)16-11(8-19-21-16)14-4-5-15(25-14)17(24)20-18/h4-8,22-23H,2-3,18H2,1H3,(H,19,21)(H,20,24). The number of nitrogens with zero attached hydrogens (tertiary/aromatic N) is 1. The van der Waals surface area contributed by atoms with E-state index in [4.69, 9.17) is 10.3 Å². The van der Waals surface area contributed by atoms with Gasteiger partial charge in [-0.05, 0) is 30.2 Å². The lowest BCUT2D eigenvalue weighted by molar-refractivity contribution is 0.0927. The van der Waals surface area contributed by atoms with Gasteiger partial charge in [0.05, 0.1) is 17.5 Å². The van der Waals surface area contributed by atoms with Crippen LogP contribution in [0.1, 0.15) is 29.5 Å². The highest BCUT2D eigenvalue weighted by molar-refractivity contribution is 5.92. The van der Waals surface area contributed by atoms with Crippen LogP contribution in [-0.2, 0) is 6.42 Å². The number of H-pyrrole nitrogens is 1. The second kappa shape index (κ2) is 6.70. The Kier molecular flexibility index (Phi) is 4.44. The van der Waals surface area contributed by atoms with Gasteiger partial charge in [-0.25, -0.2) is 5.84 Å². The van der Waals surface area contributed by atoms with Gasteiger partial charge >= 0.3 is 5.91 Å². The molecule has 3 rings (SSSR count). The lowest BCUT2D eigenvalue weighted by Crippen LogP contribution is -2.29. The molecular weight excluding hydrogens is 324 g/mol. The molecule has 8 heteroatoms. The second-order valence-corrected chi connectivity index (χ2v) is 5.54. The summed E-state index contributed by atoms with van der Waals surface area (Å²) in [5.41, 5.74) is 4.29. The van der Waals surface area contributed by atoms with Gasteiger partial charge in [-0.1, -0.05) is 13.3 Å². The number of aryl methyl sites for hydroxylation is 1. The van der Waals surface area contributed by atoms with E-state index in [1.54, 1.807) is 12.1 Å². The van der Waals surface area contributed by atoms with Gasteiger partial charge in [0.1, 0.15) is 17.3 Å². The summed E-state index contributed by atoms with van der Waals surface area (Å²) in [5, 5.41) is 27.0. The molecule has 0 spiro atoms. The van der Waals surface area contributed by atoms with E-state index in [0.29, 0.717) is 29.0 Å². The molecule has 0 fully saturated rings. The molecule has 2 aromatic heterocycles. The Labute approximate surface area is 143 Å². The predicted molar refractivity (Wildman–Crippen MR) is 90.7 cm³/mol. The number of nitrogens with one attached hydrogen (secondary N) is 2. The Morgan fingerprint density at radius 1 is 1.28 bits per heavy atom. The lowest BCUT2D eigenvalue weighted by Gasteiger charge is -2.09. The highest BCUT2D eigenvalue weighted by atomic mass is 16.4.